The molecule has 1 aromatic rings. The van der Waals surface area contributed by atoms with Crippen molar-refractivity contribution in [1.82, 2.24) is 0 Å². The molecule has 1 atom stereocenters. The van der Waals surface area contributed by atoms with Crippen LogP contribution >= 0.6 is 11.3 Å². The van der Waals surface area contributed by atoms with E-state index < -0.39 is 12.1 Å². The van der Waals surface area contributed by atoms with Crippen LogP contribution in [-0.4, -0.2) is 16.2 Å². The standard InChI is InChI=1S/C9H12O3S/c1-3-7(10)8-5(2)6(4-13-8)9(11)12/h4,7,10H,3H2,1-2H3,(H,11,12). The molecule has 0 aromatic carbocycles. The van der Waals surface area contributed by atoms with Crippen LogP contribution in [0.1, 0.15) is 40.2 Å². The largest absolute Gasteiger partial charge is 0.478 e. The van der Waals surface area contributed by atoms with Crippen LogP contribution < -0.4 is 0 Å². The van der Waals surface area contributed by atoms with Crippen LogP contribution in [0.3, 0.4) is 0 Å². The molecule has 0 amide bonds. The Balaban J connectivity index is 3.06. The summed E-state index contributed by atoms with van der Waals surface area (Å²) < 4.78 is 0. The maximum absolute atomic E-state index is 10.7. The Hall–Kier alpha value is -0.870. The monoisotopic (exact) mass is 200 g/mol. The number of rotatable bonds is 3. The Morgan fingerprint density at radius 3 is 2.69 bits per heavy atom. The summed E-state index contributed by atoms with van der Waals surface area (Å²) in [5.41, 5.74) is 0.986. The lowest BCUT2D eigenvalue weighted by atomic mass is 10.1. The molecule has 0 saturated heterocycles. The predicted molar refractivity (Wildman–Crippen MR) is 51.3 cm³/mol. The fourth-order valence-electron chi connectivity index (χ4n) is 1.16. The minimum absolute atomic E-state index is 0.299. The third-order valence-electron chi connectivity index (χ3n) is 2.00. The average Bonchev–Trinajstić information content (AvgIpc) is 2.46. The van der Waals surface area contributed by atoms with E-state index in [9.17, 15) is 9.90 Å². The third kappa shape index (κ3) is 1.89. The number of carbonyl (C=O) groups is 1. The van der Waals surface area contributed by atoms with E-state index in [0.29, 0.717) is 17.5 Å². The minimum Gasteiger partial charge on any atom is -0.478 e. The number of aliphatic hydroxyl groups excluding tert-OH is 1. The molecule has 1 rings (SSSR count). The van der Waals surface area contributed by atoms with Crippen molar-refractivity contribution in [3.05, 3.63) is 21.4 Å². The first-order valence-corrected chi connectivity index (χ1v) is 4.95. The van der Waals surface area contributed by atoms with Gasteiger partial charge in [-0.05, 0) is 18.9 Å². The molecule has 0 radical (unpaired) electrons. The number of aliphatic hydroxyl groups is 1. The highest BCUT2D eigenvalue weighted by Gasteiger charge is 2.17. The first-order chi connectivity index (χ1) is 6.07. The zero-order valence-electron chi connectivity index (χ0n) is 7.57. The fourth-order valence-corrected chi connectivity index (χ4v) is 2.29. The lowest BCUT2D eigenvalue weighted by Crippen LogP contribution is -1.99. The molecule has 1 unspecified atom stereocenters. The van der Waals surface area contributed by atoms with E-state index in [1.807, 2.05) is 6.92 Å². The van der Waals surface area contributed by atoms with E-state index in [2.05, 4.69) is 0 Å². The maximum Gasteiger partial charge on any atom is 0.336 e. The summed E-state index contributed by atoms with van der Waals surface area (Å²) in [5, 5.41) is 19.9. The van der Waals surface area contributed by atoms with Gasteiger partial charge in [-0.2, -0.15) is 0 Å². The van der Waals surface area contributed by atoms with Crippen LogP contribution in [0.15, 0.2) is 5.38 Å². The number of carboxylic acid groups (broad SMARTS) is 1. The molecule has 0 saturated carbocycles. The van der Waals surface area contributed by atoms with Gasteiger partial charge in [0.25, 0.3) is 0 Å². The minimum atomic E-state index is -0.927. The zero-order chi connectivity index (χ0) is 10.0. The van der Waals surface area contributed by atoms with Gasteiger partial charge in [-0.15, -0.1) is 11.3 Å². The van der Waals surface area contributed by atoms with Gasteiger partial charge in [-0.25, -0.2) is 4.79 Å². The molecule has 0 bridgehead atoms. The Morgan fingerprint density at radius 1 is 1.69 bits per heavy atom. The Labute approximate surface area is 80.6 Å². The van der Waals surface area contributed by atoms with Crippen LogP contribution in [0, 0.1) is 6.92 Å². The summed E-state index contributed by atoms with van der Waals surface area (Å²) >= 11 is 1.31. The molecule has 0 aliphatic carbocycles. The number of thiophene rings is 1. The normalized spacial score (nSPS) is 12.8. The quantitative estimate of drug-likeness (QED) is 0.786. The molecule has 0 fully saturated rings. The first kappa shape index (κ1) is 10.2. The van der Waals surface area contributed by atoms with Crippen molar-refractivity contribution in [3.63, 3.8) is 0 Å². The van der Waals surface area contributed by atoms with Gasteiger partial charge < -0.3 is 10.2 Å². The second kappa shape index (κ2) is 3.89. The van der Waals surface area contributed by atoms with E-state index in [1.165, 1.54) is 11.3 Å². The summed E-state index contributed by atoms with van der Waals surface area (Å²) in [5.74, 6) is -0.927. The van der Waals surface area contributed by atoms with Crippen molar-refractivity contribution < 1.29 is 15.0 Å². The average molecular weight is 200 g/mol. The molecule has 3 nitrogen and oxygen atoms in total. The molecular formula is C9H12O3S. The predicted octanol–water partition coefficient (Wildman–Crippen LogP) is 2.20. The van der Waals surface area contributed by atoms with Crippen molar-refractivity contribution in [3.8, 4) is 0 Å². The van der Waals surface area contributed by atoms with Gasteiger partial charge in [0, 0.05) is 10.3 Å². The van der Waals surface area contributed by atoms with Crippen LogP contribution in [-0.2, 0) is 0 Å². The van der Waals surface area contributed by atoms with Gasteiger partial charge in [-0.1, -0.05) is 6.92 Å². The first-order valence-electron chi connectivity index (χ1n) is 4.07. The van der Waals surface area contributed by atoms with Gasteiger partial charge in [0.05, 0.1) is 11.7 Å². The topological polar surface area (TPSA) is 57.5 Å². The highest BCUT2D eigenvalue weighted by atomic mass is 32.1. The summed E-state index contributed by atoms with van der Waals surface area (Å²) in [4.78, 5) is 11.4. The van der Waals surface area contributed by atoms with Crippen molar-refractivity contribution in [2.45, 2.75) is 26.4 Å². The summed E-state index contributed by atoms with van der Waals surface area (Å²) in [6.45, 7) is 3.60. The summed E-state index contributed by atoms with van der Waals surface area (Å²) in [6, 6.07) is 0. The highest BCUT2D eigenvalue weighted by molar-refractivity contribution is 7.10. The van der Waals surface area contributed by atoms with Gasteiger partial charge in [0.15, 0.2) is 0 Å². The number of aromatic carboxylic acids is 1. The van der Waals surface area contributed by atoms with Crippen LogP contribution in [0.4, 0.5) is 0 Å². The van der Waals surface area contributed by atoms with E-state index in [-0.39, 0.29) is 0 Å². The fraction of sp³-hybridized carbons (Fsp3) is 0.444. The Bertz CT molecular complexity index is 317. The van der Waals surface area contributed by atoms with Crippen LogP contribution in [0.2, 0.25) is 0 Å². The van der Waals surface area contributed by atoms with Crippen molar-refractivity contribution in [1.29, 1.82) is 0 Å². The van der Waals surface area contributed by atoms with Crippen molar-refractivity contribution >= 4 is 17.3 Å². The smallest absolute Gasteiger partial charge is 0.336 e. The molecule has 2 N–H and O–H groups in total. The number of hydrogen-bond acceptors (Lipinski definition) is 3. The maximum atomic E-state index is 10.7. The molecule has 72 valence electrons. The van der Waals surface area contributed by atoms with E-state index in [0.717, 1.165) is 4.88 Å². The van der Waals surface area contributed by atoms with E-state index >= 15 is 0 Å². The highest BCUT2D eigenvalue weighted by Crippen LogP contribution is 2.29. The van der Waals surface area contributed by atoms with Gasteiger partial charge in [-0.3, -0.25) is 0 Å². The molecule has 13 heavy (non-hydrogen) atoms. The number of hydrogen-bond donors (Lipinski definition) is 2. The molecule has 4 heteroatoms. The third-order valence-corrected chi connectivity index (χ3v) is 3.18. The molecule has 0 aliphatic heterocycles. The summed E-state index contributed by atoms with van der Waals surface area (Å²) in [7, 11) is 0. The van der Waals surface area contributed by atoms with Crippen LogP contribution in [0.25, 0.3) is 0 Å². The lowest BCUT2D eigenvalue weighted by molar-refractivity contribution is 0.0696. The Morgan fingerprint density at radius 2 is 2.31 bits per heavy atom. The van der Waals surface area contributed by atoms with Gasteiger partial charge in [0.1, 0.15) is 0 Å². The second-order valence-corrected chi connectivity index (χ2v) is 3.78. The summed E-state index contributed by atoms with van der Waals surface area (Å²) in [6.07, 6.45) is 0.0820. The van der Waals surface area contributed by atoms with E-state index in [4.69, 9.17) is 5.11 Å². The SMILES string of the molecule is CCC(O)c1scc(C(=O)O)c1C. The molecule has 0 aliphatic rings. The molecule has 1 heterocycles. The van der Waals surface area contributed by atoms with Crippen molar-refractivity contribution in [2.24, 2.45) is 0 Å². The zero-order valence-corrected chi connectivity index (χ0v) is 8.39. The second-order valence-electron chi connectivity index (χ2n) is 2.87. The molecule has 0 spiro atoms. The van der Waals surface area contributed by atoms with Crippen LogP contribution in [0.5, 0.6) is 0 Å². The van der Waals surface area contributed by atoms with E-state index in [1.54, 1.807) is 12.3 Å². The molecular weight excluding hydrogens is 188 g/mol. The van der Waals surface area contributed by atoms with Crippen molar-refractivity contribution in [2.75, 3.05) is 0 Å². The van der Waals surface area contributed by atoms with Gasteiger partial charge >= 0.3 is 5.97 Å². The number of carboxylic acids is 1. The molecule has 1 aromatic heterocycles. The van der Waals surface area contributed by atoms with Gasteiger partial charge in [0.2, 0.25) is 0 Å². The lowest BCUT2D eigenvalue weighted by Gasteiger charge is -2.05. The Kier molecular flexibility index (Phi) is 3.06.